The molecule has 2 aliphatic heterocycles. The van der Waals surface area contributed by atoms with Gasteiger partial charge in [-0.05, 0) is 36.2 Å². The monoisotopic (exact) mass is 468 g/mol. The van der Waals surface area contributed by atoms with Gasteiger partial charge in [0.25, 0.3) is 5.91 Å². The van der Waals surface area contributed by atoms with Crippen LogP contribution in [0.25, 0.3) is 0 Å². The fourth-order valence-electron chi connectivity index (χ4n) is 4.05. The Morgan fingerprint density at radius 3 is 2.41 bits per heavy atom. The third-order valence-corrected chi connectivity index (χ3v) is 7.09. The smallest absolute Gasteiger partial charge is 0.259 e. The molecule has 7 heteroatoms. The second-order valence-corrected chi connectivity index (χ2v) is 9.28. The Labute approximate surface area is 202 Å². The van der Waals surface area contributed by atoms with Crippen LogP contribution in [0.15, 0.2) is 94.9 Å². The number of thioether (sulfide) groups is 1. The summed E-state index contributed by atoms with van der Waals surface area (Å²) in [5.74, 6) is 0.376. The third-order valence-electron chi connectivity index (χ3n) is 5.77. The lowest BCUT2D eigenvalue weighted by Crippen LogP contribution is -2.42. The van der Waals surface area contributed by atoms with Gasteiger partial charge in [-0.3, -0.25) is 14.6 Å². The lowest BCUT2D eigenvalue weighted by atomic mass is 10.1. The number of aliphatic imine (C=N–C) groups is 2. The molecule has 1 N–H and O–H groups in total. The number of rotatable bonds is 6. The van der Waals surface area contributed by atoms with E-state index >= 15 is 0 Å². The highest BCUT2D eigenvalue weighted by atomic mass is 32.2. The molecular weight excluding hydrogens is 444 g/mol. The molecule has 0 spiro atoms. The Bertz CT molecular complexity index is 1270. The topological polar surface area (TPSA) is 74.1 Å². The first kappa shape index (κ1) is 22.1. The number of anilines is 1. The molecule has 3 aromatic carbocycles. The number of hydrogen-bond acceptors (Lipinski definition) is 5. The van der Waals surface area contributed by atoms with Gasteiger partial charge in [0.05, 0.1) is 10.9 Å². The standard InChI is InChI=1S/C27H24N4O2S/c1-2-23(25(32)28-19-13-7-4-8-14-19)34-27-30-21-16-10-9-15-20(21)24-29-22(26(33)31(24)27)17-18-11-5-3-6-12-18/h3-16,22-23H,2,17H2,1H3,(H,28,32)/t22-,23-/m1/s1. The highest BCUT2D eigenvalue weighted by Crippen LogP contribution is 2.35. The molecule has 2 heterocycles. The number of amidine groups is 2. The van der Waals surface area contributed by atoms with E-state index < -0.39 is 11.3 Å². The summed E-state index contributed by atoms with van der Waals surface area (Å²) in [4.78, 5) is 37.7. The summed E-state index contributed by atoms with van der Waals surface area (Å²) in [5.41, 5.74) is 3.38. The van der Waals surface area contributed by atoms with Gasteiger partial charge in [0.15, 0.2) is 5.17 Å². The number of carbonyl (C=O) groups excluding carboxylic acids is 2. The summed E-state index contributed by atoms with van der Waals surface area (Å²) < 4.78 is 0. The largest absolute Gasteiger partial charge is 0.325 e. The summed E-state index contributed by atoms with van der Waals surface area (Å²) in [6.45, 7) is 1.96. The first-order valence-electron chi connectivity index (χ1n) is 11.3. The number of carbonyl (C=O) groups is 2. The van der Waals surface area contributed by atoms with Crippen molar-refractivity contribution < 1.29 is 9.59 Å². The van der Waals surface area contributed by atoms with E-state index in [-0.39, 0.29) is 11.8 Å². The van der Waals surface area contributed by atoms with Gasteiger partial charge in [0, 0.05) is 17.7 Å². The van der Waals surface area contributed by atoms with Crippen LogP contribution in [0, 0.1) is 0 Å². The van der Waals surface area contributed by atoms with E-state index in [0.29, 0.717) is 23.8 Å². The maximum Gasteiger partial charge on any atom is 0.259 e. The third kappa shape index (κ3) is 4.39. The minimum Gasteiger partial charge on any atom is -0.325 e. The van der Waals surface area contributed by atoms with Crippen LogP contribution in [-0.4, -0.2) is 39.0 Å². The van der Waals surface area contributed by atoms with E-state index in [1.165, 1.54) is 11.8 Å². The van der Waals surface area contributed by atoms with Gasteiger partial charge in [-0.1, -0.05) is 79.3 Å². The number of fused-ring (bicyclic) bond motifs is 3. The van der Waals surface area contributed by atoms with Crippen molar-refractivity contribution in [3.8, 4) is 0 Å². The zero-order chi connectivity index (χ0) is 23.5. The molecule has 0 saturated heterocycles. The quantitative estimate of drug-likeness (QED) is 0.551. The summed E-state index contributed by atoms with van der Waals surface area (Å²) in [7, 11) is 0. The molecule has 0 aliphatic carbocycles. The number of benzene rings is 3. The molecular formula is C27H24N4O2S. The zero-order valence-electron chi connectivity index (χ0n) is 18.7. The summed E-state index contributed by atoms with van der Waals surface area (Å²) in [6, 6.07) is 26.4. The molecule has 0 bridgehead atoms. The fourth-order valence-corrected chi connectivity index (χ4v) is 5.07. The van der Waals surface area contributed by atoms with Crippen LogP contribution in [0.3, 0.4) is 0 Å². The van der Waals surface area contributed by atoms with Crippen molar-refractivity contribution in [2.45, 2.75) is 31.1 Å². The second-order valence-electron chi connectivity index (χ2n) is 8.11. The lowest BCUT2D eigenvalue weighted by molar-refractivity contribution is -0.124. The van der Waals surface area contributed by atoms with Crippen LogP contribution in [0.2, 0.25) is 0 Å². The molecule has 0 aromatic heterocycles. The van der Waals surface area contributed by atoms with Crippen molar-refractivity contribution in [3.63, 3.8) is 0 Å². The Hall–Kier alpha value is -3.71. The second kappa shape index (κ2) is 9.65. The zero-order valence-corrected chi connectivity index (χ0v) is 19.5. The van der Waals surface area contributed by atoms with Gasteiger partial charge in [-0.25, -0.2) is 9.89 Å². The van der Waals surface area contributed by atoms with E-state index in [1.54, 1.807) is 4.90 Å². The lowest BCUT2D eigenvalue weighted by Gasteiger charge is -2.27. The molecule has 2 amide bonds. The van der Waals surface area contributed by atoms with Crippen molar-refractivity contribution in [1.82, 2.24) is 4.90 Å². The van der Waals surface area contributed by atoms with Gasteiger partial charge >= 0.3 is 0 Å². The van der Waals surface area contributed by atoms with Crippen LogP contribution < -0.4 is 5.32 Å². The summed E-state index contributed by atoms with van der Waals surface area (Å²) in [6.07, 6.45) is 1.11. The summed E-state index contributed by atoms with van der Waals surface area (Å²) in [5, 5.41) is 3.05. The van der Waals surface area contributed by atoms with Crippen LogP contribution in [-0.2, 0) is 16.0 Å². The fraction of sp³-hybridized carbons (Fsp3) is 0.185. The number of nitrogens with one attached hydrogen (secondary N) is 1. The van der Waals surface area contributed by atoms with E-state index in [4.69, 9.17) is 9.98 Å². The van der Waals surface area contributed by atoms with Gasteiger partial charge < -0.3 is 5.32 Å². The Morgan fingerprint density at radius 1 is 1.00 bits per heavy atom. The van der Waals surface area contributed by atoms with Gasteiger partial charge in [0.1, 0.15) is 11.9 Å². The van der Waals surface area contributed by atoms with Crippen molar-refractivity contribution in [2.24, 2.45) is 9.98 Å². The van der Waals surface area contributed by atoms with Crippen LogP contribution in [0.4, 0.5) is 11.4 Å². The highest BCUT2D eigenvalue weighted by Gasteiger charge is 2.42. The molecule has 3 aromatic rings. The maximum atomic E-state index is 13.5. The number of amides is 2. The normalized spacial score (nSPS) is 17.4. The Balaban J connectivity index is 1.43. The SMILES string of the molecule is CC[C@@H](SC1=Nc2ccccc2C2=N[C@H](Cc3ccccc3)C(=O)N12)C(=O)Nc1ccccc1. The van der Waals surface area contributed by atoms with Crippen LogP contribution >= 0.6 is 11.8 Å². The van der Waals surface area contributed by atoms with Crippen molar-refractivity contribution in [1.29, 1.82) is 0 Å². The Kier molecular flexibility index (Phi) is 6.27. The van der Waals surface area contributed by atoms with Crippen molar-refractivity contribution in [3.05, 3.63) is 96.1 Å². The molecule has 34 heavy (non-hydrogen) atoms. The molecule has 170 valence electrons. The van der Waals surface area contributed by atoms with E-state index in [1.807, 2.05) is 91.9 Å². The molecule has 2 aliphatic rings. The number of hydrogen-bond donors (Lipinski definition) is 1. The predicted octanol–water partition coefficient (Wildman–Crippen LogP) is 5.04. The van der Waals surface area contributed by atoms with Crippen molar-refractivity contribution >= 4 is 46.0 Å². The van der Waals surface area contributed by atoms with Crippen molar-refractivity contribution in [2.75, 3.05) is 5.32 Å². The van der Waals surface area contributed by atoms with Gasteiger partial charge in [0.2, 0.25) is 5.91 Å². The summed E-state index contributed by atoms with van der Waals surface area (Å²) >= 11 is 1.31. The average Bonchev–Trinajstić information content (AvgIpc) is 3.20. The first-order valence-corrected chi connectivity index (χ1v) is 12.2. The van der Waals surface area contributed by atoms with E-state index in [9.17, 15) is 9.59 Å². The number of para-hydroxylation sites is 2. The molecule has 0 fully saturated rings. The minimum atomic E-state index is -0.521. The van der Waals surface area contributed by atoms with Crippen LogP contribution in [0.5, 0.6) is 0 Å². The molecule has 5 rings (SSSR count). The van der Waals surface area contributed by atoms with E-state index in [2.05, 4.69) is 5.32 Å². The molecule has 0 radical (unpaired) electrons. The maximum absolute atomic E-state index is 13.5. The average molecular weight is 469 g/mol. The number of nitrogens with zero attached hydrogens (tertiary/aromatic N) is 3. The molecule has 0 saturated carbocycles. The van der Waals surface area contributed by atoms with E-state index in [0.717, 1.165) is 22.5 Å². The minimum absolute atomic E-state index is 0.113. The van der Waals surface area contributed by atoms with Gasteiger partial charge in [-0.15, -0.1) is 0 Å². The predicted molar refractivity (Wildman–Crippen MR) is 138 cm³/mol. The van der Waals surface area contributed by atoms with Crippen LogP contribution in [0.1, 0.15) is 24.5 Å². The van der Waals surface area contributed by atoms with Gasteiger partial charge in [-0.2, -0.15) is 0 Å². The highest BCUT2D eigenvalue weighted by molar-refractivity contribution is 8.15. The molecule has 2 atom stereocenters. The molecule has 6 nitrogen and oxygen atoms in total. The molecule has 0 unspecified atom stereocenters. The Morgan fingerprint density at radius 2 is 1.68 bits per heavy atom. The first-order chi connectivity index (χ1) is 16.6.